The lowest BCUT2D eigenvalue weighted by Crippen LogP contribution is -2.00. The van der Waals surface area contributed by atoms with Crippen molar-refractivity contribution in [3.05, 3.63) is 70.9 Å². The number of aromatic amines is 1. The summed E-state index contributed by atoms with van der Waals surface area (Å²) in [5.74, 6) is -0.0130. The molecule has 0 aliphatic carbocycles. The van der Waals surface area contributed by atoms with Gasteiger partial charge < -0.3 is 4.98 Å². The van der Waals surface area contributed by atoms with Crippen LogP contribution in [-0.4, -0.2) is 10.8 Å². The normalized spacial score (nSPS) is 10.4. The van der Waals surface area contributed by atoms with Gasteiger partial charge in [0, 0.05) is 28.2 Å². The zero-order valence-corrected chi connectivity index (χ0v) is 11.0. The molecule has 0 amide bonds. The van der Waals surface area contributed by atoms with E-state index >= 15 is 0 Å². The lowest BCUT2D eigenvalue weighted by Gasteiger charge is -2.00. The molecule has 3 heteroatoms. The largest absolute Gasteiger partial charge is 0.360 e. The molecule has 0 saturated heterocycles. The number of nitrogens with one attached hydrogen (secondary N) is 1. The first kappa shape index (κ1) is 12.2. The first-order valence-electron chi connectivity index (χ1n) is 6.31. The van der Waals surface area contributed by atoms with Crippen molar-refractivity contribution in [3.8, 4) is 6.07 Å². The van der Waals surface area contributed by atoms with Crippen LogP contribution in [0.15, 0.2) is 48.7 Å². The number of carbonyl (C=O) groups excluding carboxylic acids is 1. The Hall–Kier alpha value is -2.86. The van der Waals surface area contributed by atoms with Crippen molar-refractivity contribution in [2.75, 3.05) is 0 Å². The predicted molar refractivity (Wildman–Crippen MR) is 77.6 cm³/mol. The zero-order valence-electron chi connectivity index (χ0n) is 11.0. The van der Waals surface area contributed by atoms with E-state index in [1.165, 1.54) is 0 Å². The van der Waals surface area contributed by atoms with Gasteiger partial charge in [-0.2, -0.15) is 5.26 Å². The minimum absolute atomic E-state index is 0.0130. The van der Waals surface area contributed by atoms with Gasteiger partial charge in [0.1, 0.15) is 0 Å². The van der Waals surface area contributed by atoms with E-state index in [-0.39, 0.29) is 5.78 Å². The van der Waals surface area contributed by atoms with E-state index < -0.39 is 0 Å². The standard InChI is InChI=1S/C17H12N2O/c1-11-2-5-13(6-3-11)17(20)15-10-19-16-8-12(9-18)4-7-14(15)16/h2-8,10,19H,1H3. The molecule has 20 heavy (non-hydrogen) atoms. The quantitative estimate of drug-likeness (QED) is 0.716. The molecule has 0 radical (unpaired) electrons. The number of ketones is 1. The summed E-state index contributed by atoms with van der Waals surface area (Å²) in [6, 6.07) is 14.9. The highest BCUT2D eigenvalue weighted by atomic mass is 16.1. The van der Waals surface area contributed by atoms with Gasteiger partial charge in [0.05, 0.1) is 11.6 Å². The fourth-order valence-corrected chi connectivity index (χ4v) is 2.24. The van der Waals surface area contributed by atoms with Gasteiger partial charge in [-0.1, -0.05) is 35.9 Å². The Morgan fingerprint density at radius 2 is 1.90 bits per heavy atom. The summed E-state index contributed by atoms with van der Waals surface area (Å²) in [6.07, 6.45) is 1.70. The number of nitriles is 1. The topological polar surface area (TPSA) is 56.6 Å². The number of aromatic nitrogens is 1. The molecule has 3 aromatic rings. The third kappa shape index (κ3) is 1.98. The molecule has 0 fully saturated rings. The highest BCUT2D eigenvalue weighted by molar-refractivity contribution is 6.16. The summed E-state index contributed by atoms with van der Waals surface area (Å²) in [6.45, 7) is 1.99. The van der Waals surface area contributed by atoms with Crippen molar-refractivity contribution in [3.63, 3.8) is 0 Å². The van der Waals surface area contributed by atoms with Crippen molar-refractivity contribution >= 4 is 16.7 Å². The molecular weight excluding hydrogens is 248 g/mol. The number of fused-ring (bicyclic) bond motifs is 1. The molecule has 0 bridgehead atoms. The van der Waals surface area contributed by atoms with Gasteiger partial charge in [0.2, 0.25) is 0 Å². The summed E-state index contributed by atoms with van der Waals surface area (Å²) >= 11 is 0. The minimum Gasteiger partial charge on any atom is -0.360 e. The summed E-state index contributed by atoms with van der Waals surface area (Å²) < 4.78 is 0. The Kier molecular flexibility index (Phi) is 2.85. The predicted octanol–water partition coefficient (Wildman–Crippen LogP) is 3.58. The first-order valence-corrected chi connectivity index (χ1v) is 6.31. The summed E-state index contributed by atoms with van der Waals surface area (Å²) in [4.78, 5) is 15.6. The molecule has 0 unspecified atom stereocenters. The Balaban J connectivity index is 2.08. The number of nitrogens with zero attached hydrogens (tertiary/aromatic N) is 1. The maximum absolute atomic E-state index is 12.5. The Bertz CT molecular complexity index is 836. The van der Waals surface area contributed by atoms with Gasteiger partial charge in [-0.3, -0.25) is 4.79 Å². The van der Waals surface area contributed by atoms with Crippen molar-refractivity contribution in [2.24, 2.45) is 0 Å². The molecule has 0 aliphatic heterocycles. The van der Waals surface area contributed by atoms with Crippen LogP contribution in [0.5, 0.6) is 0 Å². The van der Waals surface area contributed by atoms with Crippen molar-refractivity contribution < 1.29 is 4.79 Å². The van der Waals surface area contributed by atoms with E-state index in [1.54, 1.807) is 18.3 Å². The van der Waals surface area contributed by atoms with Crippen LogP contribution < -0.4 is 0 Å². The van der Waals surface area contributed by atoms with Crippen LogP contribution in [0.25, 0.3) is 10.9 Å². The molecule has 1 heterocycles. The van der Waals surface area contributed by atoms with Gasteiger partial charge in [0.25, 0.3) is 0 Å². The number of hydrogen-bond donors (Lipinski definition) is 1. The van der Waals surface area contributed by atoms with Gasteiger partial charge in [0.15, 0.2) is 5.78 Å². The molecule has 0 spiro atoms. The van der Waals surface area contributed by atoms with Gasteiger partial charge in [-0.25, -0.2) is 0 Å². The number of H-pyrrole nitrogens is 1. The lowest BCUT2D eigenvalue weighted by molar-refractivity contribution is 0.104. The summed E-state index contributed by atoms with van der Waals surface area (Å²) in [5, 5.41) is 9.73. The minimum atomic E-state index is -0.0130. The van der Waals surface area contributed by atoms with E-state index in [0.29, 0.717) is 16.7 Å². The number of benzene rings is 2. The Morgan fingerprint density at radius 1 is 1.15 bits per heavy atom. The molecule has 1 N–H and O–H groups in total. The number of hydrogen-bond acceptors (Lipinski definition) is 2. The van der Waals surface area contributed by atoms with Crippen LogP contribution in [-0.2, 0) is 0 Å². The average molecular weight is 260 g/mol. The Morgan fingerprint density at radius 3 is 2.60 bits per heavy atom. The molecule has 3 nitrogen and oxygen atoms in total. The van der Waals surface area contributed by atoms with Crippen LogP contribution in [0.2, 0.25) is 0 Å². The smallest absolute Gasteiger partial charge is 0.195 e. The van der Waals surface area contributed by atoms with E-state index in [2.05, 4.69) is 11.1 Å². The molecule has 3 rings (SSSR count). The maximum atomic E-state index is 12.5. The third-order valence-electron chi connectivity index (χ3n) is 3.37. The van der Waals surface area contributed by atoms with Crippen LogP contribution in [0.3, 0.4) is 0 Å². The van der Waals surface area contributed by atoms with E-state index in [1.807, 2.05) is 37.3 Å². The van der Waals surface area contributed by atoms with Crippen LogP contribution >= 0.6 is 0 Å². The van der Waals surface area contributed by atoms with Crippen LogP contribution in [0, 0.1) is 18.3 Å². The molecular formula is C17H12N2O. The number of aryl methyl sites for hydroxylation is 1. The van der Waals surface area contributed by atoms with E-state index in [0.717, 1.165) is 16.5 Å². The SMILES string of the molecule is Cc1ccc(C(=O)c2c[nH]c3cc(C#N)ccc23)cc1. The van der Waals surface area contributed by atoms with Crippen molar-refractivity contribution in [1.29, 1.82) is 5.26 Å². The molecule has 2 aromatic carbocycles. The number of rotatable bonds is 2. The molecule has 0 atom stereocenters. The van der Waals surface area contributed by atoms with Gasteiger partial charge >= 0.3 is 0 Å². The lowest BCUT2D eigenvalue weighted by atomic mass is 10.0. The molecule has 96 valence electrons. The summed E-state index contributed by atoms with van der Waals surface area (Å²) in [5.41, 5.74) is 3.81. The highest BCUT2D eigenvalue weighted by Gasteiger charge is 2.14. The summed E-state index contributed by atoms with van der Waals surface area (Å²) in [7, 11) is 0. The van der Waals surface area contributed by atoms with Crippen LogP contribution in [0.4, 0.5) is 0 Å². The third-order valence-corrected chi connectivity index (χ3v) is 3.37. The maximum Gasteiger partial charge on any atom is 0.195 e. The monoisotopic (exact) mass is 260 g/mol. The second kappa shape index (κ2) is 4.67. The van der Waals surface area contributed by atoms with E-state index in [4.69, 9.17) is 5.26 Å². The second-order valence-corrected chi connectivity index (χ2v) is 4.77. The average Bonchev–Trinajstić information content (AvgIpc) is 2.90. The Labute approximate surface area is 116 Å². The fraction of sp³-hybridized carbons (Fsp3) is 0.0588. The fourth-order valence-electron chi connectivity index (χ4n) is 2.24. The first-order chi connectivity index (χ1) is 9.69. The van der Waals surface area contributed by atoms with Crippen molar-refractivity contribution in [1.82, 2.24) is 4.98 Å². The van der Waals surface area contributed by atoms with Crippen molar-refractivity contribution in [2.45, 2.75) is 6.92 Å². The number of carbonyl (C=O) groups is 1. The molecule has 1 aromatic heterocycles. The van der Waals surface area contributed by atoms with Crippen LogP contribution in [0.1, 0.15) is 27.0 Å². The van der Waals surface area contributed by atoms with Gasteiger partial charge in [-0.15, -0.1) is 0 Å². The highest BCUT2D eigenvalue weighted by Crippen LogP contribution is 2.22. The zero-order chi connectivity index (χ0) is 14.1. The molecule has 0 aliphatic rings. The second-order valence-electron chi connectivity index (χ2n) is 4.77. The molecule has 0 saturated carbocycles. The van der Waals surface area contributed by atoms with E-state index in [9.17, 15) is 4.79 Å². The van der Waals surface area contributed by atoms with Gasteiger partial charge in [-0.05, 0) is 19.1 Å².